The molecule has 3 heterocycles. The molecule has 2 fully saturated rings. The lowest BCUT2D eigenvalue weighted by atomic mass is 9.92. The van der Waals surface area contributed by atoms with Gasteiger partial charge in [0.15, 0.2) is 0 Å². The summed E-state index contributed by atoms with van der Waals surface area (Å²) in [5, 5.41) is 0. The van der Waals surface area contributed by atoms with E-state index in [0.29, 0.717) is 31.9 Å². The number of allylic oxidation sites excluding steroid dienone is 1. The largest absolute Gasteiger partial charge is 0.379 e. The molecule has 3 N–H and O–H groups in total. The number of anilines is 1. The number of carbonyl (C=O) groups excluding carboxylic acids is 1. The Morgan fingerprint density at radius 2 is 2.03 bits per heavy atom. The van der Waals surface area contributed by atoms with E-state index in [2.05, 4.69) is 20.7 Å². The number of fused-ring (bicyclic) bond motifs is 2. The van der Waals surface area contributed by atoms with E-state index in [1.165, 1.54) is 0 Å². The second-order valence-electron chi connectivity index (χ2n) is 9.55. The molecule has 2 aromatic rings. The van der Waals surface area contributed by atoms with Crippen LogP contribution < -0.4 is 15.8 Å². The van der Waals surface area contributed by atoms with E-state index in [9.17, 15) is 13.6 Å². The maximum atomic E-state index is 13.9. The van der Waals surface area contributed by atoms with Crippen LogP contribution in [-0.2, 0) is 9.53 Å². The smallest absolute Gasteiger partial charge is 0.255 e. The molecule has 8 nitrogen and oxygen atoms in total. The van der Waals surface area contributed by atoms with Crippen LogP contribution in [0, 0.1) is 11.8 Å². The van der Waals surface area contributed by atoms with Gasteiger partial charge in [0.1, 0.15) is 11.9 Å². The molecule has 1 saturated heterocycles. The zero-order chi connectivity index (χ0) is 22.9. The Morgan fingerprint density at radius 1 is 1.27 bits per heavy atom. The summed E-state index contributed by atoms with van der Waals surface area (Å²) < 4.78 is 33.2. The molecule has 0 bridgehead atoms. The second kappa shape index (κ2) is 7.48. The first kappa shape index (κ1) is 21.0. The summed E-state index contributed by atoms with van der Waals surface area (Å²) in [6, 6.07) is 5.20. The van der Waals surface area contributed by atoms with Crippen molar-refractivity contribution in [2.75, 3.05) is 38.3 Å². The Balaban J connectivity index is 1.21. The van der Waals surface area contributed by atoms with Gasteiger partial charge in [0.25, 0.3) is 5.92 Å². The average Bonchev–Trinajstić information content (AvgIpc) is 3.20. The SMILES string of the molecule is CC(C(=O)N(C)c1ccc2nc(C3NNC4=C3CC3C(C4)C3(F)F)[nH]c2c1)N1CCOCC1. The number of H-pyrrole nitrogens is 1. The number of hydrazine groups is 1. The fraction of sp³-hybridized carbons (Fsp3) is 0.565. The molecule has 4 unspecified atom stereocenters. The molecule has 176 valence electrons. The van der Waals surface area contributed by atoms with Crippen molar-refractivity contribution in [3.05, 3.63) is 35.3 Å². The van der Waals surface area contributed by atoms with Crippen molar-refractivity contribution >= 4 is 22.6 Å². The Morgan fingerprint density at radius 3 is 2.82 bits per heavy atom. The number of nitrogens with zero attached hydrogens (tertiary/aromatic N) is 3. The lowest BCUT2D eigenvalue weighted by molar-refractivity contribution is -0.124. The van der Waals surface area contributed by atoms with Crippen LogP contribution in [0.25, 0.3) is 11.0 Å². The predicted octanol–water partition coefficient (Wildman–Crippen LogP) is 2.32. The van der Waals surface area contributed by atoms with Gasteiger partial charge in [0, 0.05) is 43.4 Å². The number of hydrogen-bond acceptors (Lipinski definition) is 6. The molecule has 10 heteroatoms. The van der Waals surface area contributed by atoms with Gasteiger partial charge >= 0.3 is 0 Å². The number of carbonyl (C=O) groups is 1. The summed E-state index contributed by atoms with van der Waals surface area (Å²) in [4.78, 5) is 24.9. The van der Waals surface area contributed by atoms with Crippen LogP contribution in [-0.4, -0.2) is 66.1 Å². The summed E-state index contributed by atoms with van der Waals surface area (Å²) >= 11 is 0. The van der Waals surface area contributed by atoms with Crippen LogP contribution in [0.3, 0.4) is 0 Å². The van der Waals surface area contributed by atoms with Gasteiger partial charge in [-0.25, -0.2) is 19.2 Å². The highest BCUT2D eigenvalue weighted by Gasteiger charge is 2.69. The molecule has 6 rings (SSSR count). The van der Waals surface area contributed by atoms with Gasteiger partial charge in [-0.3, -0.25) is 9.69 Å². The highest BCUT2D eigenvalue weighted by Crippen LogP contribution is 2.64. The molecular weight excluding hydrogens is 430 g/mol. The Hall–Kier alpha value is -2.56. The quantitative estimate of drug-likeness (QED) is 0.652. The minimum Gasteiger partial charge on any atom is -0.379 e. The number of imidazole rings is 1. The first-order valence-corrected chi connectivity index (χ1v) is 11.5. The zero-order valence-corrected chi connectivity index (χ0v) is 18.7. The third-order valence-corrected chi connectivity index (χ3v) is 7.76. The third kappa shape index (κ3) is 3.34. The van der Waals surface area contributed by atoms with E-state index in [1.807, 2.05) is 25.1 Å². The van der Waals surface area contributed by atoms with Crippen LogP contribution in [0.2, 0.25) is 0 Å². The number of alkyl halides is 2. The van der Waals surface area contributed by atoms with Crippen molar-refractivity contribution in [2.45, 2.75) is 37.8 Å². The average molecular weight is 459 g/mol. The molecule has 2 aliphatic carbocycles. The molecule has 0 radical (unpaired) electrons. The van der Waals surface area contributed by atoms with Crippen molar-refractivity contribution in [3.63, 3.8) is 0 Å². The van der Waals surface area contributed by atoms with Crippen LogP contribution in [0.5, 0.6) is 0 Å². The van der Waals surface area contributed by atoms with E-state index in [0.717, 1.165) is 41.1 Å². The van der Waals surface area contributed by atoms with Gasteiger partial charge in [-0.15, -0.1) is 0 Å². The molecule has 4 atom stereocenters. The molecule has 0 spiro atoms. The van der Waals surface area contributed by atoms with Crippen LogP contribution in [0.4, 0.5) is 14.5 Å². The van der Waals surface area contributed by atoms with Crippen LogP contribution >= 0.6 is 0 Å². The summed E-state index contributed by atoms with van der Waals surface area (Å²) in [7, 11) is 1.78. The fourth-order valence-corrected chi connectivity index (χ4v) is 5.52. The Bertz CT molecular complexity index is 1140. The predicted molar refractivity (Wildman–Crippen MR) is 119 cm³/mol. The number of aromatic amines is 1. The van der Waals surface area contributed by atoms with E-state index >= 15 is 0 Å². The minimum absolute atomic E-state index is 0.0227. The first-order valence-electron chi connectivity index (χ1n) is 11.5. The van der Waals surface area contributed by atoms with Crippen LogP contribution in [0.1, 0.15) is 31.6 Å². The zero-order valence-electron chi connectivity index (χ0n) is 18.7. The normalized spacial score (nSPS) is 29.4. The van der Waals surface area contributed by atoms with E-state index in [1.54, 1.807) is 11.9 Å². The number of halogens is 2. The number of amides is 1. The summed E-state index contributed by atoms with van der Waals surface area (Å²) in [6.07, 6.45) is 0.770. The second-order valence-corrected chi connectivity index (χ2v) is 9.55. The molecule has 33 heavy (non-hydrogen) atoms. The van der Waals surface area contributed by atoms with Gasteiger partial charge in [-0.1, -0.05) is 0 Å². The topological polar surface area (TPSA) is 85.5 Å². The van der Waals surface area contributed by atoms with E-state index < -0.39 is 17.8 Å². The fourth-order valence-electron chi connectivity index (χ4n) is 5.52. The monoisotopic (exact) mass is 458 g/mol. The van der Waals surface area contributed by atoms with Crippen molar-refractivity contribution in [3.8, 4) is 0 Å². The number of nitrogens with one attached hydrogen (secondary N) is 3. The lowest BCUT2D eigenvalue weighted by Gasteiger charge is -2.33. The van der Waals surface area contributed by atoms with Crippen LogP contribution in [0.15, 0.2) is 29.5 Å². The molecule has 1 aromatic carbocycles. The molecule has 1 amide bonds. The summed E-state index contributed by atoms with van der Waals surface area (Å²) in [6.45, 7) is 4.71. The molecule has 4 aliphatic rings. The summed E-state index contributed by atoms with van der Waals surface area (Å²) in [5.74, 6) is -2.92. The van der Waals surface area contributed by atoms with Crippen molar-refractivity contribution in [1.29, 1.82) is 0 Å². The number of ether oxygens (including phenoxy) is 1. The maximum Gasteiger partial charge on any atom is 0.255 e. The number of rotatable bonds is 4. The van der Waals surface area contributed by atoms with Gasteiger partial charge in [-0.2, -0.15) is 0 Å². The van der Waals surface area contributed by atoms with Gasteiger partial charge in [-0.05, 0) is 43.5 Å². The highest BCUT2D eigenvalue weighted by atomic mass is 19.3. The molecule has 1 aromatic heterocycles. The Labute approximate surface area is 190 Å². The first-order chi connectivity index (χ1) is 15.8. The lowest BCUT2D eigenvalue weighted by Crippen LogP contribution is -2.50. The maximum absolute atomic E-state index is 13.9. The minimum atomic E-state index is -2.55. The molecule has 1 saturated carbocycles. The number of morpholine rings is 1. The standard InChI is InChI=1S/C23H28F2N6O2/c1-12(31-5-7-33-8-6-31)22(32)30(2)13-3-4-17-19(9-13)27-21(26-17)20-14-10-15-16(23(15,24)25)11-18(14)28-29-20/h3-4,9,12,15-16,20,28-29H,5-8,10-11H2,1-2H3,(H,26,27). The highest BCUT2D eigenvalue weighted by molar-refractivity contribution is 5.98. The van der Waals surface area contributed by atoms with Gasteiger partial charge in [0.2, 0.25) is 5.91 Å². The van der Waals surface area contributed by atoms with E-state index in [-0.39, 0.29) is 18.0 Å². The Kier molecular flexibility index (Phi) is 4.76. The van der Waals surface area contributed by atoms with Gasteiger partial charge < -0.3 is 20.0 Å². The summed E-state index contributed by atoms with van der Waals surface area (Å²) in [5.41, 5.74) is 10.5. The third-order valence-electron chi connectivity index (χ3n) is 7.76. The number of aromatic nitrogens is 2. The number of hydrogen-bond donors (Lipinski definition) is 3. The molecular formula is C23H28F2N6O2. The van der Waals surface area contributed by atoms with Crippen molar-refractivity contribution in [2.24, 2.45) is 11.8 Å². The van der Waals surface area contributed by atoms with Gasteiger partial charge in [0.05, 0.1) is 30.3 Å². The molecule has 2 aliphatic heterocycles. The van der Waals surface area contributed by atoms with Crippen molar-refractivity contribution in [1.82, 2.24) is 25.7 Å². The number of likely N-dealkylation sites (N-methyl/N-ethyl adjacent to an activating group) is 1. The number of benzene rings is 1. The van der Waals surface area contributed by atoms with Crippen molar-refractivity contribution < 1.29 is 18.3 Å². The van der Waals surface area contributed by atoms with E-state index in [4.69, 9.17) is 9.72 Å².